The van der Waals surface area contributed by atoms with Gasteiger partial charge >= 0.3 is 12.4 Å². The Hall–Kier alpha value is -1.80. The molecule has 9 heteroatoms. The first-order valence-corrected chi connectivity index (χ1v) is 4.71. The smallest absolute Gasteiger partial charge is 0.325 e. The number of hydrogen-bond acceptors (Lipinski definition) is 1. The number of nitrogens with one attached hydrogen (secondary N) is 1. The van der Waals surface area contributed by atoms with Gasteiger partial charge in [-0.3, -0.25) is 4.79 Å². The number of hydrogen-bond donors (Lipinski definition) is 1. The van der Waals surface area contributed by atoms with Crippen LogP contribution >= 0.6 is 0 Å². The molecule has 19 heavy (non-hydrogen) atoms. The van der Waals surface area contributed by atoms with Gasteiger partial charge in [0.2, 0.25) is 11.8 Å². The van der Waals surface area contributed by atoms with Crippen molar-refractivity contribution in [3.63, 3.8) is 0 Å². The zero-order valence-electron chi connectivity index (χ0n) is 8.94. The summed E-state index contributed by atoms with van der Waals surface area (Å²) in [5.41, 5.74) is -0.370. The molecule has 1 N–H and O–H groups in total. The summed E-state index contributed by atoms with van der Waals surface area (Å²) < 4.78 is 85.6. The largest absolute Gasteiger partial charge is 0.409 e. The van der Waals surface area contributed by atoms with Crippen LogP contribution in [0.2, 0.25) is 0 Å². The Labute approximate surface area is 102 Å². The van der Waals surface area contributed by atoms with E-state index < -0.39 is 30.0 Å². The minimum atomic E-state index is -5.76. The maximum atomic E-state index is 12.5. The molecule has 106 valence electrons. The number of alkyl halides is 6. The van der Waals surface area contributed by atoms with Gasteiger partial charge in [-0.25, -0.2) is 4.39 Å². The SMILES string of the molecule is O=C(Nc1ccc(F)cc1)C(C(F)(F)F)C(F)(F)F. The Morgan fingerprint density at radius 3 is 1.74 bits per heavy atom. The lowest BCUT2D eigenvalue weighted by Crippen LogP contribution is -2.45. The highest BCUT2D eigenvalue weighted by atomic mass is 19.4. The molecular weight excluding hydrogens is 283 g/mol. The first kappa shape index (κ1) is 15.3. The Bertz CT molecular complexity index is 434. The van der Waals surface area contributed by atoms with Crippen molar-refractivity contribution < 1.29 is 35.5 Å². The molecule has 0 saturated heterocycles. The Morgan fingerprint density at radius 2 is 1.37 bits per heavy atom. The molecule has 0 fully saturated rings. The second-order valence-corrected chi connectivity index (χ2v) is 3.51. The summed E-state index contributed by atoms with van der Waals surface area (Å²) in [6.07, 6.45) is -11.5. The second kappa shape index (κ2) is 5.06. The number of amides is 1. The normalized spacial score (nSPS) is 12.6. The molecule has 0 aliphatic heterocycles. The van der Waals surface area contributed by atoms with Crippen LogP contribution < -0.4 is 5.32 Å². The molecule has 1 aromatic carbocycles. The summed E-state index contributed by atoms with van der Waals surface area (Å²) in [4.78, 5) is 11.0. The molecule has 0 heterocycles. The molecule has 0 aliphatic carbocycles. The van der Waals surface area contributed by atoms with Crippen molar-refractivity contribution in [1.82, 2.24) is 0 Å². The zero-order valence-corrected chi connectivity index (χ0v) is 8.94. The van der Waals surface area contributed by atoms with Gasteiger partial charge in [-0.2, -0.15) is 26.3 Å². The van der Waals surface area contributed by atoms with Crippen molar-refractivity contribution >= 4 is 11.6 Å². The van der Waals surface area contributed by atoms with Crippen molar-refractivity contribution in [1.29, 1.82) is 0 Å². The highest BCUT2D eigenvalue weighted by Crippen LogP contribution is 2.39. The molecule has 0 aromatic heterocycles. The summed E-state index contributed by atoms with van der Waals surface area (Å²) in [6, 6.07) is 3.26. The third-order valence-corrected chi connectivity index (χ3v) is 2.03. The summed E-state index contributed by atoms with van der Waals surface area (Å²) in [5, 5.41) is 1.44. The lowest BCUT2D eigenvalue weighted by molar-refractivity contribution is -0.272. The molecular formula is C10H6F7NO. The van der Waals surface area contributed by atoms with Crippen LogP contribution in [-0.2, 0) is 4.79 Å². The molecule has 2 nitrogen and oxygen atoms in total. The number of carbonyl (C=O) groups excluding carboxylic acids is 1. The van der Waals surface area contributed by atoms with E-state index in [1.54, 1.807) is 0 Å². The third kappa shape index (κ3) is 4.11. The zero-order chi connectivity index (χ0) is 14.8. The van der Waals surface area contributed by atoms with E-state index in [0.29, 0.717) is 0 Å². The monoisotopic (exact) mass is 289 g/mol. The number of anilines is 1. The second-order valence-electron chi connectivity index (χ2n) is 3.51. The average Bonchev–Trinajstić information content (AvgIpc) is 2.16. The van der Waals surface area contributed by atoms with Crippen LogP contribution in [0.1, 0.15) is 0 Å². The van der Waals surface area contributed by atoms with Gasteiger partial charge in [0.25, 0.3) is 0 Å². The molecule has 0 atom stereocenters. The van der Waals surface area contributed by atoms with Gasteiger partial charge in [-0.15, -0.1) is 0 Å². The minimum Gasteiger partial charge on any atom is -0.325 e. The van der Waals surface area contributed by atoms with Crippen molar-refractivity contribution in [3.05, 3.63) is 30.1 Å². The number of halogens is 7. The van der Waals surface area contributed by atoms with Crippen molar-refractivity contribution in [3.8, 4) is 0 Å². The predicted molar refractivity (Wildman–Crippen MR) is 50.6 cm³/mol. The fraction of sp³-hybridized carbons (Fsp3) is 0.300. The van der Waals surface area contributed by atoms with Gasteiger partial charge in [-0.05, 0) is 24.3 Å². The number of rotatable bonds is 2. The molecule has 0 unspecified atom stereocenters. The highest BCUT2D eigenvalue weighted by molar-refractivity contribution is 5.93. The summed E-state index contributed by atoms with van der Waals surface area (Å²) in [7, 11) is 0. The van der Waals surface area contributed by atoms with E-state index in [-0.39, 0.29) is 5.69 Å². The van der Waals surface area contributed by atoms with E-state index in [0.717, 1.165) is 24.3 Å². The lowest BCUT2D eigenvalue weighted by atomic mass is 10.1. The van der Waals surface area contributed by atoms with Crippen LogP contribution in [0, 0.1) is 11.7 Å². The molecule has 0 bridgehead atoms. The average molecular weight is 289 g/mol. The quantitative estimate of drug-likeness (QED) is 0.829. The molecule has 1 rings (SSSR count). The van der Waals surface area contributed by atoms with Crippen molar-refractivity contribution in [2.75, 3.05) is 5.32 Å². The highest BCUT2D eigenvalue weighted by Gasteiger charge is 2.61. The van der Waals surface area contributed by atoms with Crippen molar-refractivity contribution in [2.45, 2.75) is 12.4 Å². The van der Waals surface area contributed by atoms with E-state index in [4.69, 9.17) is 0 Å². The first-order chi connectivity index (χ1) is 8.51. The van der Waals surface area contributed by atoms with Gasteiger partial charge in [0, 0.05) is 5.69 Å². The van der Waals surface area contributed by atoms with Crippen LogP contribution in [0.3, 0.4) is 0 Å². The maximum absolute atomic E-state index is 12.5. The van der Waals surface area contributed by atoms with Gasteiger partial charge in [0.05, 0.1) is 0 Å². The predicted octanol–water partition coefficient (Wildman–Crippen LogP) is 3.51. The molecule has 0 radical (unpaired) electrons. The van der Waals surface area contributed by atoms with E-state index in [2.05, 4.69) is 0 Å². The van der Waals surface area contributed by atoms with E-state index in [9.17, 15) is 35.5 Å². The number of benzene rings is 1. The van der Waals surface area contributed by atoms with Gasteiger partial charge in [-0.1, -0.05) is 0 Å². The Morgan fingerprint density at radius 1 is 0.947 bits per heavy atom. The Kier molecular flexibility index (Phi) is 4.06. The molecule has 0 aliphatic rings. The number of carbonyl (C=O) groups is 1. The van der Waals surface area contributed by atoms with Crippen LogP contribution in [0.4, 0.5) is 36.4 Å². The van der Waals surface area contributed by atoms with E-state index in [1.165, 1.54) is 5.32 Å². The van der Waals surface area contributed by atoms with Gasteiger partial charge in [0.1, 0.15) is 5.82 Å². The molecule has 1 amide bonds. The van der Waals surface area contributed by atoms with Crippen LogP contribution in [0.15, 0.2) is 24.3 Å². The van der Waals surface area contributed by atoms with Crippen LogP contribution in [0.25, 0.3) is 0 Å². The van der Waals surface area contributed by atoms with Crippen LogP contribution in [0.5, 0.6) is 0 Å². The molecule has 0 spiro atoms. The Balaban J connectivity index is 2.93. The molecule has 0 saturated carbocycles. The minimum absolute atomic E-state index is 0.370. The fourth-order valence-electron chi connectivity index (χ4n) is 1.23. The first-order valence-electron chi connectivity index (χ1n) is 4.71. The summed E-state index contributed by atoms with van der Waals surface area (Å²) >= 11 is 0. The summed E-state index contributed by atoms with van der Waals surface area (Å²) in [5.74, 6) is -7.15. The van der Waals surface area contributed by atoms with E-state index >= 15 is 0 Å². The van der Waals surface area contributed by atoms with Gasteiger partial charge < -0.3 is 5.32 Å². The fourth-order valence-corrected chi connectivity index (χ4v) is 1.23. The van der Waals surface area contributed by atoms with Crippen LogP contribution in [-0.4, -0.2) is 18.3 Å². The van der Waals surface area contributed by atoms with Crippen molar-refractivity contribution in [2.24, 2.45) is 5.92 Å². The third-order valence-electron chi connectivity index (χ3n) is 2.03. The van der Waals surface area contributed by atoms with Gasteiger partial charge in [0.15, 0.2) is 0 Å². The summed E-state index contributed by atoms with van der Waals surface area (Å²) in [6.45, 7) is 0. The maximum Gasteiger partial charge on any atom is 0.409 e. The standard InChI is InChI=1S/C10H6F7NO/c11-5-1-3-6(4-2-5)18-8(19)7(9(12,13)14)10(15,16)17/h1-4,7H,(H,18,19). The molecule has 1 aromatic rings. The topological polar surface area (TPSA) is 29.1 Å². The lowest BCUT2D eigenvalue weighted by Gasteiger charge is -2.22. The van der Waals surface area contributed by atoms with E-state index in [1.807, 2.05) is 0 Å².